The summed E-state index contributed by atoms with van der Waals surface area (Å²) in [6, 6.07) is 0. The minimum absolute atomic E-state index is 0. The van der Waals surface area contributed by atoms with Gasteiger partial charge >= 0.3 is 6.18 Å². The zero-order chi connectivity index (χ0) is 12.2. The van der Waals surface area contributed by atoms with Crippen LogP contribution in [0.15, 0.2) is 0 Å². The number of halogens is 5. The van der Waals surface area contributed by atoms with Crippen LogP contribution < -0.4 is 11.1 Å². The van der Waals surface area contributed by atoms with E-state index in [-0.39, 0.29) is 43.2 Å². The van der Waals surface area contributed by atoms with Crippen LogP contribution in [0.1, 0.15) is 6.42 Å². The van der Waals surface area contributed by atoms with Crippen molar-refractivity contribution in [2.24, 2.45) is 11.7 Å². The van der Waals surface area contributed by atoms with Gasteiger partial charge in [-0.2, -0.15) is 13.2 Å². The summed E-state index contributed by atoms with van der Waals surface area (Å²) in [6.07, 6.45) is -3.46. The van der Waals surface area contributed by atoms with Gasteiger partial charge in [0.1, 0.15) is 0 Å². The normalized spacial score (nSPS) is 19.9. The highest BCUT2D eigenvalue weighted by Gasteiger charge is 2.34. The predicted molar refractivity (Wildman–Crippen MR) is 67.2 cm³/mol. The van der Waals surface area contributed by atoms with Gasteiger partial charge in [-0.05, 0) is 18.9 Å². The minimum Gasteiger partial charge on any atom is -0.355 e. The summed E-state index contributed by atoms with van der Waals surface area (Å²) in [5, 5.41) is 2.59. The fraction of sp³-hybridized carbons (Fsp3) is 0.889. The third-order valence-electron chi connectivity index (χ3n) is 2.55. The Kier molecular flexibility index (Phi) is 9.81. The van der Waals surface area contributed by atoms with Gasteiger partial charge in [0.15, 0.2) is 0 Å². The second-order valence-electron chi connectivity index (χ2n) is 4.01. The number of nitrogens with two attached hydrogens (primary N) is 1. The van der Waals surface area contributed by atoms with E-state index < -0.39 is 12.7 Å². The second kappa shape index (κ2) is 8.79. The fourth-order valence-electron chi connectivity index (χ4n) is 1.81. The SMILES string of the molecule is Cl.Cl.NCC(=O)NCC1CCN(CC(F)(F)F)C1. The molecule has 0 spiro atoms. The summed E-state index contributed by atoms with van der Waals surface area (Å²) in [5.74, 6) is -0.174. The molecule has 1 saturated heterocycles. The van der Waals surface area contributed by atoms with E-state index in [1.807, 2.05) is 0 Å². The van der Waals surface area contributed by atoms with Crippen molar-refractivity contribution in [1.82, 2.24) is 10.2 Å². The lowest BCUT2D eigenvalue weighted by Gasteiger charge is -2.17. The average Bonchev–Trinajstić information content (AvgIpc) is 2.59. The summed E-state index contributed by atoms with van der Waals surface area (Å²) in [4.78, 5) is 12.2. The zero-order valence-electron chi connectivity index (χ0n) is 9.70. The maximum absolute atomic E-state index is 12.1. The van der Waals surface area contributed by atoms with E-state index in [9.17, 15) is 18.0 Å². The lowest BCUT2D eigenvalue weighted by molar-refractivity contribution is -0.143. The number of rotatable bonds is 4. The first-order valence-corrected chi connectivity index (χ1v) is 5.16. The van der Waals surface area contributed by atoms with Crippen LogP contribution in [-0.2, 0) is 4.79 Å². The number of nitrogens with zero attached hydrogens (tertiary/aromatic N) is 1. The van der Waals surface area contributed by atoms with Gasteiger partial charge in [0.25, 0.3) is 0 Å². The van der Waals surface area contributed by atoms with Crippen molar-refractivity contribution < 1.29 is 18.0 Å². The van der Waals surface area contributed by atoms with Crippen LogP contribution in [0.4, 0.5) is 13.2 Å². The lowest BCUT2D eigenvalue weighted by atomic mass is 10.1. The minimum atomic E-state index is -4.14. The van der Waals surface area contributed by atoms with E-state index in [0.29, 0.717) is 26.1 Å². The number of hydrogen-bond donors (Lipinski definition) is 2. The van der Waals surface area contributed by atoms with Crippen molar-refractivity contribution in [3.05, 3.63) is 0 Å². The van der Waals surface area contributed by atoms with Gasteiger partial charge in [-0.1, -0.05) is 0 Å². The largest absolute Gasteiger partial charge is 0.401 e. The smallest absolute Gasteiger partial charge is 0.355 e. The Morgan fingerprint density at radius 3 is 2.50 bits per heavy atom. The number of likely N-dealkylation sites (tertiary alicyclic amines) is 1. The highest BCUT2D eigenvalue weighted by Crippen LogP contribution is 2.22. The molecule has 4 nitrogen and oxygen atoms in total. The number of carbonyl (C=O) groups is 1. The summed E-state index contributed by atoms with van der Waals surface area (Å²) < 4.78 is 36.2. The average molecular weight is 312 g/mol. The monoisotopic (exact) mass is 311 g/mol. The van der Waals surface area contributed by atoms with Crippen molar-refractivity contribution in [1.29, 1.82) is 0 Å². The van der Waals surface area contributed by atoms with Crippen LogP contribution in [-0.4, -0.2) is 49.7 Å². The molecule has 1 amide bonds. The maximum atomic E-state index is 12.1. The van der Waals surface area contributed by atoms with Crippen molar-refractivity contribution in [3.63, 3.8) is 0 Å². The molecule has 18 heavy (non-hydrogen) atoms. The first-order valence-electron chi connectivity index (χ1n) is 5.16. The van der Waals surface area contributed by atoms with E-state index in [0.717, 1.165) is 0 Å². The molecule has 1 unspecified atom stereocenters. The molecule has 0 saturated carbocycles. The topological polar surface area (TPSA) is 58.4 Å². The Hall–Kier alpha value is -0.240. The molecular weight excluding hydrogens is 294 g/mol. The number of amides is 1. The van der Waals surface area contributed by atoms with Gasteiger partial charge in [0.05, 0.1) is 13.1 Å². The molecule has 1 rings (SSSR count). The summed E-state index contributed by atoms with van der Waals surface area (Å²) in [5.41, 5.74) is 5.10. The molecule has 1 atom stereocenters. The highest BCUT2D eigenvalue weighted by molar-refractivity contribution is 5.85. The van der Waals surface area contributed by atoms with Crippen molar-refractivity contribution in [2.75, 3.05) is 32.7 Å². The van der Waals surface area contributed by atoms with Crippen LogP contribution in [0, 0.1) is 5.92 Å². The van der Waals surface area contributed by atoms with Gasteiger partial charge in [-0.25, -0.2) is 0 Å². The van der Waals surface area contributed by atoms with Crippen LogP contribution in [0.2, 0.25) is 0 Å². The van der Waals surface area contributed by atoms with Gasteiger partial charge in [0, 0.05) is 13.1 Å². The number of carbonyl (C=O) groups excluding carboxylic acids is 1. The predicted octanol–water partition coefficient (Wildman–Crippen LogP) is 0.789. The van der Waals surface area contributed by atoms with Crippen LogP contribution in [0.25, 0.3) is 0 Å². The van der Waals surface area contributed by atoms with Crippen molar-refractivity contribution >= 4 is 30.7 Å². The second-order valence-corrected chi connectivity index (χ2v) is 4.01. The number of nitrogens with one attached hydrogen (secondary N) is 1. The van der Waals surface area contributed by atoms with Crippen molar-refractivity contribution in [3.8, 4) is 0 Å². The van der Waals surface area contributed by atoms with Gasteiger partial charge in [-0.3, -0.25) is 9.69 Å². The summed E-state index contributed by atoms with van der Waals surface area (Å²) in [6.45, 7) is 0.269. The van der Waals surface area contributed by atoms with Gasteiger partial charge in [0.2, 0.25) is 5.91 Å². The number of hydrogen-bond acceptors (Lipinski definition) is 3. The molecule has 0 aromatic heterocycles. The molecule has 0 bridgehead atoms. The molecule has 0 aromatic rings. The van der Waals surface area contributed by atoms with Crippen molar-refractivity contribution in [2.45, 2.75) is 12.6 Å². The fourth-order valence-corrected chi connectivity index (χ4v) is 1.81. The molecule has 0 radical (unpaired) electrons. The highest BCUT2D eigenvalue weighted by atomic mass is 35.5. The van der Waals surface area contributed by atoms with Gasteiger partial charge in [-0.15, -0.1) is 24.8 Å². The van der Waals surface area contributed by atoms with Crippen LogP contribution >= 0.6 is 24.8 Å². The molecule has 1 aliphatic rings. The van der Waals surface area contributed by atoms with E-state index in [1.165, 1.54) is 4.90 Å². The van der Waals surface area contributed by atoms with E-state index in [4.69, 9.17) is 5.73 Å². The molecule has 110 valence electrons. The Bertz CT molecular complexity index is 254. The molecule has 0 aromatic carbocycles. The molecular formula is C9H18Cl2F3N3O. The first-order chi connectivity index (χ1) is 7.40. The lowest BCUT2D eigenvalue weighted by Crippen LogP contribution is -2.36. The molecule has 1 heterocycles. The first kappa shape index (κ1) is 20.1. The van der Waals surface area contributed by atoms with E-state index in [2.05, 4.69) is 5.32 Å². The molecule has 3 N–H and O–H groups in total. The third kappa shape index (κ3) is 7.97. The molecule has 1 fully saturated rings. The Balaban J connectivity index is 0. The Morgan fingerprint density at radius 1 is 1.39 bits per heavy atom. The number of alkyl halides is 3. The van der Waals surface area contributed by atoms with Crippen LogP contribution in [0.5, 0.6) is 0 Å². The summed E-state index contributed by atoms with van der Waals surface area (Å²) >= 11 is 0. The van der Waals surface area contributed by atoms with Crippen LogP contribution in [0.3, 0.4) is 0 Å². The standard InChI is InChI=1S/C9H16F3N3O.2ClH/c10-9(11,12)6-15-2-1-7(5-15)4-14-8(16)3-13;;/h7H,1-6,13H2,(H,14,16);2*1H. The molecule has 0 aliphatic carbocycles. The zero-order valence-corrected chi connectivity index (χ0v) is 11.3. The molecule has 9 heteroatoms. The third-order valence-corrected chi connectivity index (χ3v) is 2.55. The maximum Gasteiger partial charge on any atom is 0.401 e. The Labute approximate surface area is 116 Å². The molecule has 1 aliphatic heterocycles. The quantitative estimate of drug-likeness (QED) is 0.807. The van der Waals surface area contributed by atoms with E-state index >= 15 is 0 Å². The van der Waals surface area contributed by atoms with Gasteiger partial charge < -0.3 is 11.1 Å². The summed E-state index contributed by atoms with van der Waals surface area (Å²) in [7, 11) is 0. The Morgan fingerprint density at radius 2 is 2.00 bits per heavy atom. The van der Waals surface area contributed by atoms with E-state index in [1.54, 1.807) is 0 Å².